The lowest BCUT2D eigenvalue weighted by molar-refractivity contribution is 0.262. The Hall–Kier alpha value is -2.01. The number of anilines is 2. The molecular weight excluding hydrogens is 356 g/mol. The molecule has 2 rings (SSSR count). The maximum Gasteiger partial charge on any atom is 0.323 e. The van der Waals surface area contributed by atoms with E-state index in [1.807, 2.05) is 42.5 Å². The molecule has 0 aliphatic carbocycles. The molecule has 23 heavy (non-hydrogen) atoms. The number of nitrogens with one attached hydrogen (secondary N) is 2. The van der Waals surface area contributed by atoms with Gasteiger partial charge in [-0.3, -0.25) is 0 Å². The molecule has 2 aromatic rings. The van der Waals surface area contributed by atoms with E-state index >= 15 is 0 Å². The monoisotopic (exact) mass is 376 g/mol. The van der Waals surface area contributed by atoms with Crippen LogP contribution in [0.15, 0.2) is 46.9 Å². The lowest BCUT2D eigenvalue weighted by Gasteiger charge is -2.21. The molecule has 4 nitrogen and oxygen atoms in total. The summed E-state index contributed by atoms with van der Waals surface area (Å²) in [6.45, 7) is 6.38. The molecule has 0 atom stereocenters. The topological polar surface area (TPSA) is 50.4 Å². The Balaban J connectivity index is 2.17. The Morgan fingerprint density at radius 1 is 1.04 bits per heavy atom. The van der Waals surface area contributed by atoms with Gasteiger partial charge < -0.3 is 15.4 Å². The Labute approximate surface area is 145 Å². The number of amides is 2. The van der Waals surface area contributed by atoms with Gasteiger partial charge in [-0.1, -0.05) is 42.8 Å². The summed E-state index contributed by atoms with van der Waals surface area (Å²) in [6.07, 6.45) is 0. The van der Waals surface area contributed by atoms with E-state index in [1.165, 1.54) is 0 Å². The molecule has 0 saturated heterocycles. The van der Waals surface area contributed by atoms with E-state index in [1.54, 1.807) is 7.11 Å². The largest absolute Gasteiger partial charge is 0.495 e. The first kappa shape index (κ1) is 17.3. The first-order valence-electron chi connectivity index (χ1n) is 7.31. The quantitative estimate of drug-likeness (QED) is 0.753. The molecule has 0 spiro atoms. The third-order valence-electron chi connectivity index (χ3n) is 3.42. The molecule has 0 aliphatic heterocycles. The average Bonchev–Trinajstić information content (AvgIpc) is 2.48. The number of halogens is 1. The first-order valence-corrected chi connectivity index (χ1v) is 8.11. The van der Waals surface area contributed by atoms with E-state index in [-0.39, 0.29) is 11.4 Å². The average molecular weight is 377 g/mol. The minimum atomic E-state index is -0.309. The summed E-state index contributed by atoms with van der Waals surface area (Å²) in [6, 6.07) is 12.9. The molecule has 0 heterocycles. The van der Waals surface area contributed by atoms with Crippen molar-refractivity contribution >= 4 is 33.3 Å². The Morgan fingerprint density at radius 2 is 1.70 bits per heavy atom. The van der Waals surface area contributed by atoms with Crippen LogP contribution < -0.4 is 15.4 Å². The van der Waals surface area contributed by atoms with Crippen molar-refractivity contribution in [2.45, 2.75) is 26.2 Å². The number of ether oxygens (including phenoxy) is 1. The summed E-state index contributed by atoms with van der Waals surface area (Å²) in [5.74, 6) is 0.629. The van der Waals surface area contributed by atoms with Crippen molar-refractivity contribution in [3.63, 3.8) is 0 Å². The minimum Gasteiger partial charge on any atom is -0.495 e. The summed E-state index contributed by atoms with van der Waals surface area (Å²) in [5.41, 5.74) is 2.48. The second kappa shape index (κ2) is 7.04. The zero-order chi connectivity index (χ0) is 17.0. The van der Waals surface area contributed by atoms with E-state index in [0.29, 0.717) is 11.4 Å². The second-order valence-corrected chi connectivity index (χ2v) is 7.17. The molecule has 0 aliphatic rings. The van der Waals surface area contributed by atoms with Crippen LogP contribution in [0, 0.1) is 0 Å². The lowest BCUT2D eigenvalue weighted by Crippen LogP contribution is -2.20. The van der Waals surface area contributed by atoms with Gasteiger partial charge in [-0.25, -0.2) is 4.79 Å². The van der Waals surface area contributed by atoms with Crippen molar-refractivity contribution in [1.82, 2.24) is 0 Å². The normalized spacial score (nSPS) is 11.0. The highest BCUT2D eigenvalue weighted by molar-refractivity contribution is 9.10. The van der Waals surface area contributed by atoms with Gasteiger partial charge in [0.25, 0.3) is 0 Å². The Kier molecular flexibility index (Phi) is 5.31. The molecule has 2 amide bonds. The van der Waals surface area contributed by atoms with E-state index in [2.05, 4.69) is 47.3 Å². The molecule has 2 N–H and O–H groups in total. The zero-order valence-corrected chi connectivity index (χ0v) is 15.3. The number of benzene rings is 2. The summed E-state index contributed by atoms with van der Waals surface area (Å²) < 4.78 is 6.29. The van der Waals surface area contributed by atoms with Gasteiger partial charge in [0.15, 0.2) is 0 Å². The highest BCUT2D eigenvalue weighted by Crippen LogP contribution is 2.31. The van der Waals surface area contributed by atoms with Crippen molar-refractivity contribution in [3.05, 3.63) is 52.5 Å². The van der Waals surface area contributed by atoms with Crippen LogP contribution in [0.25, 0.3) is 0 Å². The van der Waals surface area contributed by atoms with E-state index < -0.39 is 0 Å². The van der Waals surface area contributed by atoms with Crippen molar-refractivity contribution in [2.24, 2.45) is 0 Å². The third-order valence-corrected chi connectivity index (χ3v) is 3.94. The predicted molar refractivity (Wildman–Crippen MR) is 98.5 cm³/mol. The van der Waals surface area contributed by atoms with Crippen LogP contribution in [0.2, 0.25) is 0 Å². The molecule has 0 unspecified atom stereocenters. The number of hydrogen-bond donors (Lipinski definition) is 2. The van der Waals surface area contributed by atoms with Gasteiger partial charge in [-0.15, -0.1) is 0 Å². The molecule has 5 heteroatoms. The molecule has 122 valence electrons. The predicted octanol–water partition coefficient (Wildman–Crippen LogP) is 5.40. The maximum absolute atomic E-state index is 12.2. The van der Waals surface area contributed by atoms with Crippen LogP contribution >= 0.6 is 15.9 Å². The minimum absolute atomic E-state index is 0.00904. The molecule has 0 saturated carbocycles. The van der Waals surface area contributed by atoms with Crippen LogP contribution in [0.3, 0.4) is 0 Å². The van der Waals surface area contributed by atoms with E-state index in [9.17, 15) is 4.79 Å². The fourth-order valence-corrected chi connectivity index (χ4v) is 2.35. The molecule has 0 fully saturated rings. The second-order valence-electron chi connectivity index (χ2n) is 6.25. The van der Waals surface area contributed by atoms with Gasteiger partial charge >= 0.3 is 6.03 Å². The standard InChI is InChI=1S/C18H21BrN2O2/c1-18(2,3)12-5-10-16(23-4)15(11-12)21-17(22)20-14-8-6-13(19)7-9-14/h5-11H,1-4H3,(H2,20,21,22). The lowest BCUT2D eigenvalue weighted by atomic mass is 9.87. The summed E-state index contributed by atoms with van der Waals surface area (Å²) in [4.78, 5) is 12.2. The fraction of sp³-hybridized carbons (Fsp3) is 0.278. The van der Waals surface area contributed by atoms with Gasteiger partial charge in [0, 0.05) is 10.2 Å². The SMILES string of the molecule is COc1ccc(C(C)(C)C)cc1NC(=O)Nc1ccc(Br)cc1. The first-order chi connectivity index (χ1) is 10.8. The van der Waals surface area contributed by atoms with Gasteiger partial charge in [-0.2, -0.15) is 0 Å². The number of carbonyl (C=O) groups excluding carboxylic acids is 1. The van der Waals surface area contributed by atoms with Gasteiger partial charge in [0.05, 0.1) is 12.8 Å². The fourth-order valence-electron chi connectivity index (χ4n) is 2.09. The van der Waals surface area contributed by atoms with Crippen LogP contribution in [0.4, 0.5) is 16.2 Å². The Bertz CT molecular complexity index is 691. The van der Waals surface area contributed by atoms with Crippen molar-refractivity contribution in [3.8, 4) is 5.75 Å². The maximum atomic E-state index is 12.2. The summed E-state index contributed by atoms with van der Waals surface area (Å²) >= 11 is 3.37. The highest BCUT2D eigenvalue weighted by atomic mass is 79.9. The van der Waals surface area contributed by atoms with Gasteiger partial charge in [0.1, 0.15) is 5.75 Å². The van der Waals surface area contributed by atoms with Crippen LogP contribution in [0.5, 0.6) is 5.75 Å². The van der Waals surface area contributed by atoms with Gasteiger partial charge in [0.2, 0.25) is 0 Å². The molecule has 2 aromatic carbocycles. The number of carbonyl (C=O) groups is 1. The molecule has 0 aromatic heterocycles. The number of rotatable bonds is 3. The van der Waals surface area contributed by atoms with E-state index in [4.69, 9.17) is 4.74 Å². The Morgan fingerprint density at radius 3 is 2.26 bits per heavy atom. The molecule has 0 bridgehead atoms. The third kappa shape index (κ3) is 4.73. The number of urea groups is 1. The van der Waals surface area contributed by atoms with Crippen molar-refractivity contribution in [2.75, 3.05) is 17.7 Å². The van der Waals surface area contributed by atoms with Crippen molar-refractivity contribution in [1.29, 1.82) is 0 Å². The van der Waals surface area contributed by atoms with E-state index in [0.717, 1.165) is 15.7 Å². The summed E-state index contributed by atoms with van der Waals surface area (Å²) in [5, 5.41) is 5.65. The van der Waals surface area contributed by atoms with Crippen LogP contribution in [-0.4, -0.2) is 13.1 Å². The molecule has 0 radical (unpaired) electrons. The van der Waals surface area contributed by atoms with Crippen LogP contribution in [-0.2, 0) is 5.41 Å². The van der Waals surface area contributed by atoms with Crippen molar-refractivity contribution < 1.29 is 9.53 Å². The van der Waals surface area contributed by atoms with Crippen LogP contribution in [0.1, 0.15) is 26.3 Å². The zero-order valence-electron chi connectivity index (χ0n) is 13.7. The van der Waals surface area contributed by atoms with Gasteiger partial charge in [-0.05, 0) is 47.4 Å². The highest BCUT2D eigenvalue weighted by Gasteiger charge is 2.17. The number of methoxy groups -OCH3 is 1. The molecular formula is C18H21BrN2O2. The smallest absolute Gasteiger partial charge is 0.323 e. The number of hydrogen-bond acceptors (Lipinski definition) is 2. The summed E-state index contributed by atoms with van der Waals surface area (Å²) in [7, 11) is 1.59.